The fourth-order valence-electron chi connectivity index (χ4n) is 3.18. The molecule has 3 aromatic carbocycles. The predicted molar refractivity (Wildman–Crippen MR) is 121 cm³/mol. The van der Waals surface area contributed by atoms with E-state index in [-0.39, 0.29) is 0 Å². The third-order valence-corrected chi connectivity index (χ3v) is 10.4. The minimum Gasteiger partial charge on any atom is -0.200 e. The van der Waals surface area contributed by atoms with E-state index in [1.54, 1.807) is 84.9 Å². The largest absolute Gasteiger partial charge is 0.524 e. The summed E-state index contributed by atoms with van der Waals surface area (Å²) in [5.74, 6) is 0. The monoisotopic (exact) mass is 494 g/mol. The first-order valence-corrected chi connectivity index (χ1v) is 13.2. The fourth-order valence-corrected chi connectivity index (χ4v) is 8.65. The van der Waals surface area contributed by atoms with Crippen molar-refractivity contribution >= 4 is 31.8 Å². The molecule has 3 nitrogen and oxygen atoms in total. The van der Waals surface area contributed by atoms with Gasteiger partial charge in [-0.2, -0.15) is 25.2 Å². The third kappa shape index (κ3) is 4.21. The Kier molecular flexibility index (Phi) is 6.17. The lowest BCUT2D eigenvalue weighted by Gasteiger charge is -2.39. The molecule has 0 fully saturated rings. The van der Waals surface area contributed by atoms with Crippen LogP contribution in [-0.2, 0) is 13.7 Å². The molecule has 166 valence electrons. The standard InChI is InChI=1S/C23H17F3O3S3/c24-23(25,26)32(27,28)29-31(19-8-3-1-4-9-19,20-10-5-2-6-11-20)21-15-13-18(14-16-21)22-12-7-17-30-22/h1-17H. The quantitative estimate of drug-likeness (QED) is 0.261. The molecule has 9 heteroatoms. The van der Waals surface area contributed by atoms with Crippen molar-refractivity contribution in [3.8, 4) is 10.4 Å². The van der Waals surface area contributed by atoms with Gasteiger partial charge in [0.1, 0.15) is 0 Å². The highest BCUT2D eigenvalue weighted by atomic mass is 32.3. The van der Waals surface area contributed by atoms with E-state index in [4.69, 9.17) is 3.63 Å². The summed E-state index contributed by atoms with van der Waals surface area (Å²) in [6.07, 6.45) is 0. The zero-order valence-corrected chi connectivity index (χ0v) is 18.8. The minimum atomic E-state index is -5.91. The molecule has 0 aliphatic carbocycles. The fraction of sp³-hybridized carbons (Fsp3) is 0.0435. The zero-order valence-electron chi connectivity index (χ0n) is 16.4. The Morgan fingerprint density at radius 3 is 1.59 bits per heavy atom. The van der Waals surface area contributed by atoms with Gasteiger partial charge in [-0.05, 0) is 63.7 Å². The second-order valence-electron chi connectivity index (χ2n) is 6.65. The average Bonchev–Trinajstić information content (AvgIpc) is 3.33. The highest BCUT2D eigenvalue weighted by Crippen LogP contribution is 2.70. The normalized spacial score (nSPS) is 13.1. The first-order chi connectivity index (χ1) is 15.2. The van der Waals surface area contributed by atoms with E-state index < -0.39 is 25.9 Å². The van der Waals surface area contributed by atoms with Crippen molar-refractivity contribution in [1.29, 1.82) is 0 Å². The molecule has 0 saturated heterocycles. The van der Waals surface area contributed by atoms with Gasteiger partial charge in [-0.1, -0.05) is 54.6 Å². The number of hydrogen-bond donors (Lipinski definition) is 0. The van der Waals surface area contributed by atoms with E-state index in [0.717, 1.165) is 10.4 Å². The van der Waals surface area contributed by atoms with Crippen molar-refractivity contribution in [2.45, 2.75) is 20.2 Å². The summed E-state index contributed by atoms with van der Waals surface area (Å²) in [6, 6.07) is 26.9. The molecular weight excluding hydrogens is 477 g/mol. The predicted octanol–water partition coefficient (Wildman–Crippen LogP) is 7.48. The molecule has 0 spiro atoms. The number of halogens is 3. The number of hydrogen-bond acceptors (Lipinski definition) is 4. The van der Waals surface area contributed by atoms with Crippen LogP contribution in [0.1, 0.15) is 0 Å². The maximum absolute atomic E-state index is 13.5. The smallest absolute Gasteiger partial charge is 0.200 e. The summed E-state index contributed by atoms with van der Waals surface area (Å²) < 4.78 is 70.2. The Balaban J connectivity index is 1.99. The number of rotatable bonds is 6. The van der Waals surface area contributed by atoms with Gasteiger partial charge in [-0.15, -0.1) is 11.3 Å². The molecule has 4 rings (SSSR count). The summed E-state index contributed by atoms with van der Waals surface area (Å²) in [5, 5.41) is 1.92. The number of thiophene rings is 1. The Hall–Kier alpha value is -2.59. The van der Waals surface area contributed by atoms with Crippen LogP contribution in [0, 0.1) is 0 Å². The van der Waals surface area contributed by atoms with E-state index in [1.807, 2.05) is 17.5 Å². The molecule has 0 radical (unpaired) electrons. The summed E-state index contributed by atoms with van der Waals surface area (Å²) in [6.45, 7) is 0. The van der Waals surface area contributed by atoms with Crippen LogP contribution in [0.15, 0.2) is 117 Å². The zero-order chi connectivity index (χ0) is 22.8. The maximum atomic E-state index is 13.5. The second kappa shape index (κ2) is 8.74. The maximum Gasteiger partial charge on any atom is 0.524 e. The van der Waals surface area contributed by atoms with Crippen LogP contribution in [0.4, 0.5) is 13.2 Å². The Labute approximate surface area is 189 Å². The first-order valence-electron chi connectivity index (χ1n) is 9.34. The lowest BCUT2D eigenvalue weighted by Crippen LogP contribution is -2.27. The minimum absolute atomic E-state index is 0.336. The van der Waals surface area contributed by atoms with Crippen molar-refractivity contribution < 1.29 is 25.2 Å². The Morgan fingerprint density at radius 2 is 1.16 bits per heavy atom. The van der Waals surface area contributed by atoms with Crippen molar-refractivity contribution in [2.24, 2.45) is 0 Å². The van der Waals surface area contributed by atoms with Crippen LogP contribution >= 0.6 is 21.6 Å². The van der Waals surface area contributed by atoms with Crippen LogP contribution in [-0.4, -0.2) is 13.9 Å². The van der Waals surface area contributed by atoms with Crippen LogP contribution in [0.5, 0.6) is 0 Å². The third-order valence-electron chi connectivity index (χ3n) is 4.62. The Bertz CT molecular complexity index is 1230. The molecule has 0 bridgehead atoms. The molecule has 32 heavy (non-hydrogen) atoms. The summed E-state index contributed by atoms with van der Waals surface area (Å²) >= 11 is 1.53. The highest BCUT2D eigenvalue weighted by Gasteiger charge is 2.52. The molecule has 0 saturated carbocycles. The van der Waals surface area contributed by atoms with Gasteiger partial charge >= 0.3 is 15.6 Å². The molecule has 4 aromatic rings. The molecule has 0 amide bonds. The van der Waals surface area contributed by atoms with Crippen molar-refractivity contribution in [3.63, 3.8) is 0 Å². The number of alkyl halides is 3. The van der Waals surface area contributed by atoms with E-state index in [0.29, 0.717) is 14.7 Å². The molecule has 0 aliphatic heterocycles. The lowest BCUT2D eigenvalue weighted by atomic mass is 10.2. The van der Waals surface area contributed by atoms with E-state index in [2.05, 4.69) is 0 Å². The average molecular weight is 495 g/mol. The number of benzene rings is 3. The van der Waals surface area contributed by atoms with Gasteiger partial charge in [0.2, 0.25) is 0 Å². The van der Waals surface area contributed by atoms with Gasteiger partial charge < -0.3 is 0 Å². The molecule has 0 atom stereocenters. The van der Waals surface area contributed by atoms with Crippen LogP contribution < -0.4 is 0 Å². The van der Waals surface area contributed by atoms with E-state index in [1.165, 1.54) is 11.3 Å². The molecule has 0 aliphatic rings. The van der Waals surface area contributed by atoms with Crippen molar-refractivity contribution in [2.75, 3.05) is 0 Å². The molecular formula is C23H17F3O3S3. The molecule has 1 heterocycles. The SMILES string of the molecule is O=S(=O)(OS(c1ccccc1)(c1ccccc1)c1ccc(-c2cccs2)cc1)C(F)(F)F. The van der Waals surface area contributed by atoms with Gasteiger partial charge in [0.05, 0.1) is 0 Å². The van der Waals surface area contributed by atoms with Crippen molar-refractivity contribution in [1.82, 2.24) is 0 Å². The van der Waals surface area contributed by atoms with Gasteiger partial charge in [-0.3, -0.25) is 0 Å². The molecule has 0 unspecified atom stereocenters. The highest BCUT2D eigenvalue weighted by molar-refractivity contribution is 8.33. The van der Waals surface area contributed by atoms with E-state index >= 15 is 0 Å². The van der Waals surface area contributed by atoms with E-state index in [9.17, 15) is 21.6 Å². The van der Waals surface area contributed by atoms with Gasteiger partial charge in [-0.25, -0.2) is 0 Å². The van der Waals surface area contributed by atoms with Crippen molar-refractivity contribution in [3.05, 3.63) is 102 Å². The Morgan fingerprint density at radius 1 is 0.656 bits per heavy atom. The van der Waals surface area contributed by atoms with Gasteiger partial charge in [0.25, 0.3) is 0 Å². The molecule has 1 aromatic heterocycles. The van der Waals surface area contributed by atoms with Crippen LogP contribution in [0.3, 0.4) is 0 Å². The summed E-state index contributed by atoms with van der Waals surface area (Å²) in [4.78, 5) is 1.99. The van der Waals surface area contributed by atoms with Gasteiger partial charge in [0.15, 0.2) is 0 Å². The summed E-state index contributed by atoms with van der Waals surface area (Å²) in [7, 11) is -9.18. The van der Waals surface area contributed by atoms with Crippen LogP contribution in [0.25, 0.3) is 10.4 Å². The lowest BCUT2D eigenvalue weighted by molar-refractivity contribution is -0.0496. The summed E-state index contributed by atoms with van der Waals surface area (Å²) in [5.41, 5.74) is -4.69. The first kappa shape index (κ1) is 22.6. The van der Waals surface area contributed by atoms with Crippen LogP contribution in [0.2, 0.25) is 0 Å². The topological polar surface area (TPSA) is 43.4 Å². The van der Waals surface area contributed by atoms with Gasteiger partial charge in [0, 0.05) is 19.6 Å². The molecule has 0 N–H and O–H groups in total. The second-order valence-corrected chi connectivity index (χ2v) is 12.0.